The standard InChI is InChI=1S/C31H31NO4S/c33-30(34)22-36-28-15-7-9-24(21-28)10-8-18-32(31(35)27-17-20-37-23-27)19-16-29(25-11-3-1-4-12-25)26-13-5-2-6-14-26/h1-7,9,11-15,17,20-21,23,29H,8,10,16,18-19,22H2,(H,33,34). The van der Waals surface area contributed by atoms with Gasteiger partial charge in [0.2, 0.25) is 0 Å². The number of ether oxygens (including phenoxy) is 1. The summed E-state index contributed by atoms with van der Waals surface area (Å²) in [5.41, 5.74) is 4.27. The fourth-order valence-corrected chi connectivity index (χ4v) is 5.10. The maximum atomic E-state index is 13.4. The molecule has 1 amide bonds. The fraction of sp³-hybridized carbons (Fsp3) is 0.226. The number of carboxylic acids is 1. The minimum absolute atomic E-state index is 0.0552. The Morgan fingerprint density at radius 3 is 2.19 bits per heavy atom. The molecular formula is C31H31NO4S. The Bertz CT molecular complexity index is 1220. The second-order valence-electron chi connectivity index (χ2n) is 8.90. The molecule has 0 aliphatic rings. The first-order valence-corrected chi connectivity index (χ1v) is 13.4. The third-order valence-electron chi connectivity index (χ3n) is 6.30. The Hall–Kier alpha value is -3.90. The highest BCUT2D eigenvalue weighted by molar-refractivity contribution is 7.08. The first kappa shape index (κ1) is 26.2. The largest absolute Gasteiger partial charge is 0.482 e. The summed E-state index contributed by atoms with van der Waals surface area (Å²) in [6.45, 7) is 0.909. The van der Waals surface area contributed by atoms with E-state index in [0.717, 1.165) is 30.4 Å². The highest BCUT2D eigenvalue weighted by Crippen LogP contribution is 2.28. The molecule has 0 unspecified atom stereocenters. The second kappa shape index (κ2) is 13.4. The lowest BCUT2D eigenvalue weighted by Gasteiger charge is -2.26. The maximum absolute atomic E-state index is 13.4. The van der Waals surface area contributed by atoms with Crippen molar-refractivity contribution in [3.8, 4) is 5.75 Å². The molecule has 6 heteroatoms. The van der Waals surface area contributed by atoms with Crippen molar-refractivity contribution < 1.29 is 19.4 Å². The zero-order chi connectivity index (χ0) is 25.9. The van der Waals surface area contributed by atoms with Crippen LogP contribution in [0.2, 0.25) is 0 Å². The molecule has 3 aromatic carbocycles. The predicted octanol–water partition coefficient (Wildman–Crippen LogP) is 6.51. The van der Waals surface area contributed by atoms with E-state index in [1.54, 1.807) is 6.07 Å². The summed E-state index contributed by atoms with van der Waals surface area (Å²) < 4.78 is 5.31. The molecule has 4 rings (SSSR count). The van der Waals surface area contributed by atoms with Gasteiger partial charge in [-0.05, 0) is 59.5 Å². The van der Waals surface area contributed by atoms with Gasteiger partial charge in [0.15, 0.2) is 6.61 Å². The summed E-state index contributed by atoms with van der Waals surface area (Å²) in [6, 6.07) is 30.3. The van der Waals surface area contributed by atoms with Crippen LogP contribution in [0.5, 0.6) is 5.75 Å². The van der Waals surface area contributed by atoms with Gasteiger partial charge in [-0.25, -0.2) is 4.79 Å². The molecule has 37 heavy (non-hydrogen) atoms. The minimum Gasteiger partial charge on any atom is -0.482 e. The van der Waals surface area contributed by atoms with Gasteiger partial charge < -0.3 is 14.7 Å². The Morgan fingerprint density at radius 2 is 1.57 bits per heavy atom. The molecule has 4 aromatic rings. The van der Waals surface area contributed by atoms with Gasteiger partial charge in [0, 0.05) is 24.4 Å². The van der Waals surface area contributed by atoms with Crippen LogP contribution < -0.4 is 4.74 Å². The molecule has 0 spiro atoms. The van der Waals surface area contributed by atoms with Crippen LogP contribution in [0, 0.1) is 0 Å². The van der Waals surface area contributed by atoms with Crippen LogP contribution in [0.15, 0.2) is 102 Å². The SMILES string of the molecule is O=C(O)COc1cccc(CCCN(CCC(c2ccccc2)c2ccccc2)C(=O)c2ccsc2)c1. The van der Waals surface area contributed by atoms with Crippen LogP contribution in [0.25, 0.3) is 0 Å². The van der Waals surface area contributed by atoms with E-state index in [9.17, 15) is 9.59 Å². The lowest BCUT2D eigenvalue weighted by Crippen LogP contribution is -2.33. The van der Waals surface area contributed by atoms with Crippen LogP contribution >= 0.6 is 11.3 Å². The van der Waals surface area contributed by atoms with Crippen molar-refractivity contribution in [1.82, 2.24) is 4.90 Å². The summed E-state index contributed by atoms with van der Waals surface area (Å²) in [5.74, 6) is -0.208. The van der Waals surface area contributed by atoms with Gasteiger partial charge >= 0.3 is 5.97 Å². The molecule has 1 aromatic heterocycles. The Labute approximate surface area is 222 Å². The molecule has 5 nitrogen and oxygen atoms in total. The molecule has 1 N–H and O–H groups in total. The molecule has 0 atom stereocenters. The van der Waals surface area contributed by atoms with Crippen LogP contribution in [0.3, 0.4) is 0 Å². The van der Waals surface area contributed by atoms with Crippen molar-refractivity contribution in [1.29, 1.82) is 0 Å². The Kier molecular flexibility index (Phi) is 9.49. The molecule has 1 heterocycles. The molecule has 0 saturated heterocycles. The number of nitrogens with zero attached hydrogens (tertiary/aromatic N) is 1. The van der Waals surface area contributed by atoms with Crippen molar-refractivity contribution in [2.75, 3.05) is 19.7 Å². The average Bonchev–Trinajstić information content (AvgIpc) is 3.47. The number of hydrogen-bond donors (Lipinski definition) is 1. The van der Waals surface area contributed by atoms with E-state index < -0.39 is 5.97 Å². The normalized spacial score (nSPS) is 10.8. The third-order valence-corrected chi connectivity index (χ3v) is 6.98. The summed E-state index contributed by atoms with van der Waals surface area (Å²) in [4.78, 5) is 26.2. The van der Waals surface area contributed by atoms with Crippen molar-refractivity contribution in [2.45, 2.75) is 25.2 Å². The smallest absolute Gasteiger partial charge is 0.341 e. The number of thiophene rings is 1. The van der Waals surface area contributed by atoms with Gasteiger partial charge in [-0.15, -0.1) is 0 Å². The van der Waals surface area contributed by atoms with E-state index in [1.807, 2.05) is 52.1 Å². The summed E-state index contributed by atoms with van der Waals surface area (Å²) in [7, 11) is 0. The zero-order valence-electron chi connectivity index (χ0n) is 20.7. The number of aliphatic carboxylic acids is 1. The summed E-state index contributed by atoms with van der Waals surface area (Å²) in [6.07, 6.45) is 2.38. The molecule has 0 saturated carbocycles. The third kappa shape index (κ3) is 7.79. The number of benzene rings is 3. The minimum atomic E-state index is -1.00. The van der Waals surface area contributed by atoms with E-state index in [-0.39, 0.29) is 18.4 Å². The quantitative estimate of drug-likeness (QED) is 0.221. The topological polar surface area (TPSA) is 66.8 Å². The van der Waals surface area contributed by atoms with Crippen LogP contribution in [-0.4, -0.2) is 41.6 Å². The van der Waals surface area contributed by atoms with Crippen LogP contribution in [-0.2, 0) is 11.2 Å². The fourth-order valence-electron chi connectivity index (χ4n) is 4.47. The zero-order valence-corrected chi connectivity index (χ0v) is 21.5. The molecule has 190 valence electrons. The van der Waals surface area contributed by atoms with E-state index in [1.165, 1.54) is 22.5 Å². The van der Waals surface area contributed by atoms with Gasteiger partial charge in [-0.1, -0.05) is 72.8 Å². The molecule has 0 aliphatic heterocycles. The highest BCUT2D eigenvalue weighted by Gasteiger charge is 2.20. The molecule has 0 bridgehead atoms. The Morgan fingerprint density at radius 1 is 0.865 bits per heavy atom. The maximum Gasteiger partial charge on any atom is 0.341 e. The number of carboxylic acid groups (broad SMARTS) is 1. The summed E-state index contributed by atoms with van der Waals surface area (Å²) >= 11 is 1.53. The van der Waals surface area contributed by atoms with Crippen LogP contribution in [0.1, 0.15) is 45.8 Å². The summed E-state index contributed by atoms with van der Waals surface area (Å²) in [5, 5.41) is 12.7. The number of aryl methyl sites for hydroxylation is 1. The van der Waals surface area contributed by atoms with Crippen LogP contribution in [0.4, 0.5) is 0 Å². The van der Waals surface area contributed by atoms with E-state index in [4.69, 9.17) is 9.84 Å². The second-order valence-corrected chi connectivity index (χ2v) is 9.68. The van der Waals surface area contributed by atoms with Gasteiger partial charge in [0.1, 0.15) is 5.75 Å². The predicted molar refractivity (Wildman–Crippen MR) is 147 cm³/mol. The highest BCUT2D eigenvalue weighted by atomic mass is 32.1. The van der Waals surface area contributed by atoms with Crippen molar-refractivity contribution in [3.63, 3.8) is 0 Å². The number of hydrogen-bond acceptors (Lipinski definition) is 4. The van der Waals surface area contributed by atoms with Crippen molar-refractivity contribution >= 4 is 23.2 Å². The van der Waals surface area contributed by atoms with Gasteiger partial charge in [-0.2, -0.15) is 11.3 Å². The first-order valence-electron chi connectivity index (χ1n) is 12.4. The molecular weight excluding hydrogens is 482 g/mol. The number of carbonyl (C=O) groups excluding carboxylic acids is 1. The average molecular weight is 514 g/mol. The number of carbonyl (C=O) groups is 2. The van der Waals surface area contributed by atoms with E-state index in [0.29, 0.717) is 18.8 Å². The monoisotopic (exact) mass is 513 g/mol. The van der Waals surface area contributed by atoms with E-state index >= 15 is 0 Å². The molecule has 0 aliphatic carbocycles. The first-order chi connectivity index (χ1) is 18.1. The Balaban J connectivity index is 1.45. The van der Waals surface area contributed by atoms with Gasteiger partial charge in [-0.3, -0.25) is 4.79 Å². The van der Waals surface area contributed by atoms with Crippen molar-refractivity contribution in [2.24, 2.45) is 0 Å². The molecule has 0 fully saturated rings. The molecule has 0 radical (unpaired) electrons. The number of amides is 1. The van der Waals surface area contributed by atoms with Gasteiger partial charge in [0.05, 0.1) is 5.56 Å². The van der Waals surface area contributed by atoms with Gasteiger partial charge in [0.25, 0.3) is 5.91 Å². The van der Waals surface area contributed by atoms with Crippen molar-refractivity contribution in [3.05, 3.63) is 124 Å². The van der Waals surface area contributed by atoms with E-state index in [2.05, 4.69) is 48.5 Å². The lowest BCUT2D eigenvalue weighted by molar-refractivity contribution is -0.139. The number of rotatable bonds is 13. The lowest BCUT2D eigenvalue weighted by atomic mass is 9.88.